The lowest BCUT2D eigenvalue weighted by atomic mass is 10.1. The number of nitrogens with two attached hydrogens (primary N) is 1. The van der Waals surface area contributed by atoms with E-state index in [1.807, 2.05) is 22.6 Å². The van der Waals surface area contributed by atoms with Gasteiger partial charge in [-0.05, 0) is 46.7 Å². The van der Waals surface area contributed by atoms with E-state index in [0.717, 1.165) is 0 Å². The van der Waals surface area contributed by atoms with Crippen molar-refractivity contribution in [3.63, 3.8) is 0 Å². The van der Waals surface area contributed by atoms with Gasteiger partial charge in [-0.15, -0.1) is 0 Å². The summed E-state index contributed by atoms with van der Waals surface area (Å²) in [5.74, 6) is -0.420. The van der Waals surface area contributed by atoms with Crippen LogP contribution in [0, 0.1) is 3.70 Å². The lowest BCUT2D eigenvalue weighted by Crippen LogP contribution is -2.14. The molecule has 0 bridgehead atoms. The Morgan fingerprint density at radius 2 is 2.28 bits per heavy atom. The molecule has 4 nitrogen and oxygen atoms in total. The van der Waals surface area contributed by atoms with E-state index in [9.17, 15) is 13.6 Å². The number of carbonyl (C=O) groups excluding carboxylic acids is 1. The molecule has 0 saturated heterocycles. The van der Waals surface area contributed by atoms with Crippen molar-refractivity contribution in [1.82, 2.24) is 4.98 Å². The van der Waals surface area contributed by atoms with Gasteiger partial charge in [0.2, 0.25) is 0 Å². The number of ether oxygens (including phenoxy) is 1. The number of rotatable bonds is 5. The number of hydrogen-bond acceptors (Lipinski definition) is 4. The van der Waals surface area contributed by atoms with Crippen LogP contribution in [0.5, 0.6) is 0 Å². The van der Waals surface area contributed by atoms with Gasteiger partial charge < -0.3 is 10.5 Å². The van der Waals surface area contributed by atoms with Gasteiger partial charge in [-0.1, -0.05) is 0 Å². The number of hydrogen-bond donors (Lipinski definition) is 1. The molecule has 0 saturated carbocycles. The van der Waals surface area contributed by atoms with Crippen molar-refractivity contribution < 1.29 is 18.3 Å². The molecular formula is C11H13F2IN2O2. The van der Waals surface area contributed by atoms with Crippen LogP contribution in [0.2, 0.25) is 0 Å². The van der Waals surface area contributed by atoms with Gasteiger partial charge in [-0.25, -0.2) is 13.8 Å². The van der Waals surface area contributed by atoms with Gasteiger partial charge in [-0.3, -0.25) is 4.79 Å². The summed E-state index contributed by atoms with van der Waals surface area (Å²) in [7, 11) is 0. The van der Waals surface area contributed by atoms with Crippen LogP contribution in [0.15, 0.2) is 6.07 Å². The van der Waals surface area contributed by atoms with Crippen LogP contribution >= 0.6 is 22.6 Å². The van der Waals surface area contributed by atoms with Gasteiger partial charge in [-0.2, -0.15) is 0 Å². The van der Waals surface area contributed by atoms with Crippen LogP contribution in [-0.4, -0.2) is 17.6 Å². The number of aromatic nitrogens is 1. The molecule has 1 aromatic rings. The molecule has 100 valence electrons. The molecule has 1 heterocycles. The van der Waals surface area contributed by atoms with Crippen molar-refractivity contribution in [3.05, 3.63) is 26.6 Å². The number of nitrogens with zero attached hydrogens (tertiary/aromatic N) is 1. The maximum atomic E-state index is 12.6. The molecule has 2 N–H and O–H groups in total. The fraction of sp³-hybridized carbons (Fsp3) is 0.455. The van der Waals surface area contributed by atoms with Crippen molar-refractivity contribution >= 4 is 28.6 Å². The predicted molar refractivity (Wildman–Crippen MR) is 70.1 cm³/mol. The molecule has 0 spiro atoms. The Morgan fingerprint density at radius 3 is 2.78 bits per heavy atom. The van der Waals surface area contributed by atoms with E-state index in [2.05, 4.69) is 4.98 Å². The van der Waals surface area contributed by atoms with Gasteiger partial charge >= 0.3 is 5.97 Å². The van der Waals surface area contributed by atoms with E-state index in [4.69, 9.17) is 10.5 Å². The van der Waals surface area contributed by atoms with Gasteiger partial charge in [0.05, 0.1) is 13.0 Å². The monoisotopic (exact) mass is 370 g/mol. The highest BCUT2D eigenvalue weighted by Crippen LogP contribution is 2.23. The largest absolute Gasteiger partial charge is 0.466 e. The zero-order chi connectivity index (χ0) is 13.7. The molecule has 0 aromatic carbocycles. The molecule has 0 aliphatic carbocycles. The lowest BCUT2D eigenvalue weighted by molar-refractivity contribution is -0.142. The Bertz CT molecular complexity index is 441. The third-order valence-electron chi connectivity index (χ3n) is 2.26. The molecule has 1 rings (SSSR count). The number of carbonyl (C=O) groups is 1. The van der Waals surface area contributed by atoms with Crippen LogP contribution < -0.4 is 5.73 Å². The first-order valence-electron chi connectivity index (χ1n) is 5.31. The first-order chi connectivity index (χ1) is 8.49. The van der Waals surface area contributed by atoms with Crippen molar-refractivity contribution in [2.45, 2.75) is 26.3 Å². The maximum Gasteiger partial charge on any atom is 0.310 e. The standard InChI is InChI=1S/C11H13F2IN2O2/c1-2-18-9(17)4-7-6(5-15)3-8(10(12)13)16-11(7)14/h3,10H,2,4-5,15H2,1H3. The topological polar surface area (TPSA) is 65.2 Å². The van der Waals surface area contributed by atoms with Crippen LogP contribution in [0.25, 0.3) is 0 Å². The summed E-state index contributed by atoms with van der Waals surface area (Å²) in [6, 6.07) is 1.24. The minimum atomic E-state index is -2.65. The molecule has 1 aromatic heterocycles. The molecule has 0 radical (unpaired) electrons. The summed E-state index contributed by atoms with van der Waals surface area (Å²) in [6.45, 7) is 2.05. The third-order valence-corrected chi connectivity index (χ3v) is 3.15. The first-order valence-corrected chi connectivity index (χ1v) is 6.39. The second-order valence-corrected chi connectivity index (χ2v) is 4.48. The lowest BCUT2D eigenvalue weighted by Gasteiger charge is -2.11. The van der Waals surface area contributed by atoms with Crippen molar-refractivity contribution in [1.29, 1.82) is 0 Å². The highest BCUT2D eigenvalue weighted by Gasteiger charge is 2.18. The molecule has 7 heteroatoms. The SMILES string of the molecule is CCOC(=O)Cc1c(CN)cc(C(F)F)nc1I. The van der Waals surface area contributed by atoms with Crippen LogP contribution in [0.3, 0.4) is 0 Å². The van der Waals surface area contributed by atoms with Crippen LogP contribution in [0.4, 0.5) is 8.78 Å². The van der Waals surface area contributed by atoms with E-state index in [1.54, 1.807) is 6.92 Å². The molecule has 0 atom stereocenters. The minimum Gasteiger partial charge on any atom is -0.466 e. The molecule has 0 aliphatic rings. The van der Waals surface area contributed by atoms with E-state index in [-0.39, 0.29) is 25.3 Å². The smallest absolute Gasteiger partial charge is 0.310 e. The second-order valence-electron chi connectivity index (χ2n) is 3.46. The highest BCUT2D eigenvalue weighted by atomic mass is 127. The Hall–Kier alpha value is -0.830. The second kappa shape index (κ2) is 6.93. The van der Waals surface area contributed by atoms with E-state index >= 15 is 0 Å². The number of halogens is 3. The van der Waals surface area contributed by atoms with Crippen molar-refractivity contribution in [2.75, 3.05) is 6.61 Å². The summed E-state index contributed by atoms with van der Waals surface area (Å²) in [6.07, 6.45) is -2.66. The Kier molecular flexibility index (Phi) is 5.86. The van der Waals surface area contributed by atoms with Crippen LogP contribution in [0.1, 0.15) is 30.2 Å². The molecule has 0 fully saturated rings. The number of esters is 1. The van der Waals surface area contributed by atoms with Gasteiger partial charge in [0.15, 0.2) is 0 Å². The molecule has 0 aliphatic heterocycles. The first kappa shape index (κ1) is 15.2. The quantitative estimate of drug-likeness (QED) is 0.490. The number of alkyl halides is 2. The molecule has 18 heavy (non-hydrogen) atoms. The molecule has 0 unspecified atom stereocenters. The summed E-state index contributed by atoms with van der Waals surface area (Å²) >= 11 is 1.82. The minimum absolute atomic E-state index is 0.00480. The fourth-order valence-electron chi connectivity index (χ4n) is 1.45. The van der Waals surface area contributed by atoms with Gasteiger partial charge in [0.1, 0.15) is 9.39 Å². The van der Waals surface area contributed by atoms with E-state index in [1.165, 1.54) is 6.07 Å². The van der Waals surface area contributed by atoms with E-state index in [0.29, 0.717) is 14.8 Å². The average molecular weight is 370 g/mol. The summed E-state index contributed by atoms with van der Waals surface area (Å²) in [4.78, 5) is 15.2. The third kappa shape index (κ3) is 3.84. The summed E-state index contributed by atoms with van der Waals surface area (Å²) < 4.78 is 30.3. The Morgan fingerprint density at radius 1 is 1.61 bits per heavy atom. The van der Waals surface area contributed by atoms with Crippen molar-refractivity contribution in [3.8, 4) is 0 Å². The predicted octanol–water partition coefficient (Wildman–Crippen LogP) is 2.19. The zero-order valence-electron chi connectivity index (χ0n) is 9.75. The maximum absolute atomic E-state index is 12.6. The number of pyridine rings is 1. The van der Waals surface area contributed by atoms with Crippen LogP contribution in [-0.2, 0) is 22.5 Å². The Balaban J connectivity index is 3.07. The zero-order valence-corrected chi connectivity index (χ0v) is 11.9. The highest BCUT2D eigenvalue weighted by molar-refractivity contribution is 14.1. The van der Waals surface area contributed by atoms with E-state index < -0.39 is 12.4 Å². The molecular weight excluding hydrogens is 357 g/mol. The van der Waals surface area contributed by atoms with Gasteiger partial charge in [0, 0.05) is 6.54 Å². The van der Waals surface area contributed by atoms with Gasteiger partial charge in [0.25, 0.3) is 6.43 Å². The Labute approximate surface area is 117 Å². The van der Waals surface area contributed by atoms with Crippen molar-refractivity contribution in [2.24, 2.45) is 5.73 Å². The normalized spacial score (nSPS) is 10.8. The molecule has 0 amide bonds. The summed E-state index contributed by atoms with van der Waals surface area (Å²) in [5.41, 5.74) is 6.24. The average Bonchev–Trinajstić information content (AvgIpc) is 2.31. The summed E-state index contributed by atoms with van der Waals surface area (Å²) in [5, 5.41) is 0. The fourth-order valence-corrected chi connectivity index (χ4v) is 2.26.